The molecule has 1 heterocycles. The molecule has 0 amide bonds. The van der Waals surface area contributed by atoms with Gasteiger partial charge in [-0.1, -0.05) is 17.3 Å². The molecule has 1 N–H and O–H groups in total. The van der Waals surface area contributed by atoms with Gasteiger partial charge in [-0.2, -0.15) is 0 Å². The van der Waals surface area contributed by atoms with Gasteiger partial charge in [0.25, 0.3) is 0 Å². The second-order valence-corrected chi connectivity index (χ2v) is 4.01. The van der Waals surface area contributed by atoms with E-state index in [1.165, 1.54) is 5.56 Å². The van der Waals surface area contributed by atoms with Crippen LogP contribution in [0.15, 0.2) is 30.5 Å². The summed E-state index contributed by atoms with van der Waals surface area (Å²) in [5, 5.41) is 11.2. The van der Waals surface area contributed by atoms with E-state index in [9.17, 15) is 0 Å². The summed E-state index contributed by atoms with van der Waals surface area (Å²) in [5.41, 5.74) is 2.13. The maximum Gasteiger partial charge on any atom is 0.119 e. The summed E-state index contributed by atoms with van der Waals surface area (Å²) in [5.74, 6) is 0.899. The van der Waals surface area contributed by atoms with E-state index in [2.05, 4.69) is 15.6 Å². The molecule has 0 fully saturated rings. The lowest BCUT2D eigenvalue weighted by atomic mass is 10.2. The molecule has 18 heavy (non-hydrogen) atoms. The Kier molecular flexibility index (Phi) is 4.30. The van der Waals surface area contributed by atoms with E-state index < -0.39 is 0 Å². The predicted molar refractivity (Wildman–Crippen MR) is 69.5 cm³/mol. The summed E-state index contributed by atoms with van der Waals surface area (Å²) < 4.78 is 7.24. The fourth-order valence-corrected chi connectivity index (χ4v) is 1.72. The maximum absolute atomic E-state index is 5.40. The Bertz CT molecular complexity index is 478. The largest absolute Gasteiger partial charge is 0.494 e. The number of ether oxygens (including phenoxy) is 1. The quantitative estimate of drug-likeness (QED) is 0.838. The molecule has 0 spiro atoms. The van der Waals surface area contributed by atoms with Crippen molar-refractivity contribution in [3.8, 4) is 5.75 Å². The summed E-state index contributed by atoms with van der Waals surface area (Å²) in [6.45, 7) is 4.13. The van der Waals surface area contributed by atoms with Gasteiger partial charge < -0.3 is 10.1 Å². The molecule has 0 aliphatic carbocycles. The Morgan fingerprint density at radius 3 is 2.72 bits per heavy atom. The highest BCUT2D eigenvalue weighted by Gasteiger charge is 2.01. The third-order valence-corrected chi connectivity index (χ3v) is 2.52. The Morgan fingerprint density at radius 2 is 2.06 bits per heavy atom. The Balaban J connectivity index is 1.99. The lowest BCUT2D eigenvalue weighted by Gasteiger charge is -2.04. The number of hydrogen-bond donors (Lipinski definition) is 1. The van der Waals surface area contributed by atoms with Crippen LogP contribution in [0.5, 0.6) is 5.75 Å². The van der Waals surface area contributed by atoms with Crippen LogP contribution in [0.4, 0.5) is 0 Å². The molecule has 0 aliphatic rings. The SMILES string of the molecule is CCOc1ccc(Cn2cc(CNC)nn2)cc1. The van der Waals surface area contributed by atoms with Crippen LogP contribution in [0, 0.1) is 0 Å². The van der Waals surface area contributed by atoms with Crippen molar-refractivity contribution in [1.82, 2.24) is 20.3 Å². The van der Waals surface area contributed by atoms with Gasteiger partial charge in [0.05, 0.1) is 25.0 Å². The first-order valence-corrected chi connectivity index (χ1v) is 6.07. The fourth-order valence-electron chi connectivity index (χ4n) is 1.72. The monoisotopic (exact) mass is 246 g/mol. The van der Waals surface area contributed by atoms with E-state index in [0.717, 1.165) is 24.5 Å². The molecular formula is C13H18N4O. The van der Waals surface area contributed by atoms with Gasteiger partial charge in [-0.3, -0.25) is 0 Å². The summed E-state index contributed by atoms with van der Waals surface area (Å²) in [6.07, 6.45) is 1.95. The third-order valence-electron chi connectivity index (χ3n) is 2.52. The number of nitrogens with one attached hydrogen (secondary N) is 1. The predicted octanol–water partition coefficient (Wildman–Crippen LogP) is 1.44. The summed E-state index contributed by atoms with van der Waals surface area (Å²) in [6, 6.07) is 8.05. The highest BCUT2D eigenvalue weighted by molar-refractivity contribution is 5.27. The van der Waals surface area contributed by atoms with Gasteiger partial charge in [0, 0.05) is 6.54 Å². The van der Waals surface area contributed by atoms with E-state index >= 15 is 0 Å². The molecule has 0 saturated heterocycles. The van der Waals surface area contributed by atoms with Crippen LogP contribution in [0.2, 0.25) is 0 Å². The number of nitrogens with zero attached hydrogens (tertiary/aromatic N) is 3. The van der Waals surface area contributed by atoms with Gasteiger partial charge >= 0.3 is 0 Å². The fraction of sp³-hybridized carbons (Fsp3) is 0.385. The van der Waals surface area contributed by atoms with Crippen molar-refractivity contribution in [3.63, 3.8) is 0 Å². The Morgan fingerprint density at radius 1 is 1.28 bits per heavy atom. The molecule has 5 heteroatoms. The van der Waals surface area contributed by atoms with Gasteiger partial charge in [0.15, 0.2) is 0 Å². The molecule has 0 saturated carbocycles. The van der Waals surface area contributed by atoms with Crippen molar-refractivity contribution in [3.05, 3.63) is 41.7 Å². The van der Waals surface area contributed by atoms with Gasteiger partial charge in [0.1, 0.15) is 5.75 Å². The summed E-state index contributed by atoms with van der Waals surface area (Å²) in [7, 11) is 1.89. The molecule has 0 radical (unpaired) electrons. The summed E-state index contributed by atoms with van der Waals surface area (Å²) in [4.78, 5) is 0. The van der Waals surface area contributed by atoms with Gasteiger partial charge in [-0.25, -0.2) is 4.68 Å². The molecular weight excluding hydrogens is 228 g/mol. The standard InChI is InChI=1S/C13H18N4O/c1-3-18-13-6-4-11(5-7-13)9-17-10-12(8-14-2)15-16-17/h4-7,10,14H,3,8-9H2,1-2H3. The Hall–Kier alpha value is -1.88. The second kappa shape index (κ2) is 6.16. The lowest BCUT2D eigenvalue weighted by Crippen LogP contribution is -2.05. The van der Waals surface area contributed by atoms with Crippen molar-refractivity contribution in [2.75, 3.05) is 13.7 Å². The van der Waals surface area contributed by atoms with Crippen LogP contribution in [-0.2, 0) is 13.1 Å². The first kappa shape index (κ1) is 12.6. The third kappa shape index (κ3) is 3.30. The van der Waals surface area contributed by atoms with Gasteiger partial charge in [-0.05, 0) is 31.7 Å². The van der Waals surface area contributed by atoms with Crippen LogP contribution in [0.25, 0.3) is 0 Å². The van der Waals surface area contributed by atoms with Crippen LogP contribution in [0.1, 0.15) is 18.2 Å². The van der Waals surface area contributed by atoms with Gasteiger partial charge in [-0.15, -0.1) is 5.10 Å². The first-order valence-electron chi connectivity index (χ1n) is 6.07. The minimum atomic E-state index is 0.690. The molecule has 0 unspecified atom stereocenters. The van der Waals surface area contributed by atoms with Crippen LogP contribution in [-0.4, -0.2) is 28.6 Å². The van der Waals surface area contributed by atoms with Crippen molar-refractivity contribution in [1.29, 1.82) is 0 Å². The normalized spacial score (nSPS) is 10.6. The van der Waals surface area contributed by atoms with E-state index in [-0.39, 0.29) is 0 Å². The molecule has 2 aromatic rings. The van der Waals surface area contributed by atoms with Crippen molar-refractivity contribution in [2.24, 2.45) is 0 Å². The molecule has 0 bridgehead atoms. The number of rotatable bonds is 6. The van der Waals surface area contributed by atoms with E-state index in [1.54, 1.807) is 0 Å². The summed E-state index contributed by atoms with van der Waals surface area (Å²) >= 11 is 0. The van der Waals surface area contributed by atoms with Crippen LogP contribution in [0.3, 0.4) is 0 Å². The highest BCUT2D eigenvalue weighted by Crippen LogP contribution is 2.12. The average Bonchev–Trinajstić information content (AvgIpc) is 2.80. The molecule has 96 valence electrons. The van der Waals surface area contributed by atoms with E-state index in [0.29, 0.717) is 6.61 Å². The smallest absolute Gasteiger partial charge is 0.119 e. The zero-order chi connectivity index (χ0) is 12.8. The molecule has 0 atom stereocenters. The van der Waals surface area contributed by atoms with E-state index in [1.807, 2.05) is 49.1 Å². The molecule has 2 rings (SSSR count). The van der Waals surface area contributed by atoms with Crippen molar-refractivity contribution < 1.29 is 4.74 Å². The highest BCUT2D eigenvalue weighted by atomic mass is 16.5. The van der Waals surface area contributed by atoms with Crippen LogP contribution < -0.4 is 10.1 Å². The molecule has 0 aliphatic heterocycles. The average molecular weight is 246 g/mol. The lowest BCUT2D eigenvalue weighted by molar-refractivity contribution is 0.340. The Labute approximate surface area is 107 Å². The topological polar surface area (TPSA) is 52.0 Å². The minimum Gasteiger partial charge on any atom is -0.494 e. The molecule has 1 aromatic heterocycles. The minimum absolute atomic E-state index is 0.690. The second-order valence-electron chi connectivity index (χ2n) is 4.01. The van der Waals surface area contributed by atoms with Crippen LogP contribution >= 0.6 is 0 Å². The maximum atomic E-state index is 5.40. The zero-order valence-electron chi connectivity index (χ0n) is 10.8. The molecule has 1 aromatic carbocycles. The molecule has 5 nitrogen and oxygen atoms in total. The number of benzene rings is 1. The van der Waals surface area contributed by atoms with Gasteiger partial charge in [0.2, 0.25) is 0 Å². The zero-order valence-corrected chi connectivity index (χ0v) is 10.8. The first-order chi connectivity index (χ1) is 8.81. The number of hydrogen-bond acceptors (Lipinski definition) is 4. The van der Waals surface area contributed by atoms with E-state index in [4.69, 9.17) is 4.74 Å². The number of aromatic nitrogens is 3. The van der Waals surface area contributed by atoms with Crippen molar-refractivity contribution in [2.45, 2.75) is 20.0 Å². The van der Waals surface area contributed by atoms with Crippen molar-refractivity contribution >= 4 is 0 Å².